The van der Waals surface area contributed by atoms with E-state index in [1.807, 2.05) is 30.3 Å². The van der Waals surface area contributed by atoms with Crippen molar-refractivity contribution in [3.8, 4) is 23.0 Å². The van der Waals surface area contributed by atoms with Crippen molar-refractivity contribution in [2.45, 2.75) is 44.1 Å². The molecule has 3 aromatic carbocycles. The van der Waals surface area contributed by atoms with Crippen LogP contribution in [0.15, 0.2) is 66.7 Å². The van der Waals surface area contributed by atoms with E-state index < -0.39 is 0 Å². The van der Waals surface area contributed by atoms with Gasteiger partial charge in [0.05, 0.1) is 0 Å². The Morgan fingerprint density at radius 2 is 1.53 bits per heavy atom. The molecule has 178 valence electrons. The number of fused-ring (bicyclic) bond motifs is 1. The Bertz CT molecular complexity index is 1090. The Balaban J connectivity index is 1.36. The van der Waals surface area contributed by atoms with Gasteiger partial charge in [-0.25, -0.2) is 0 Å². The smallest absolute Gasteiger partial charge is 0.131 e. The van der Waals surface area contributed by atoms with Gasteiger partial charge in [0.1, 0.15) is 35.7 Å². The number of rotatable bonds is 6. The predicted octanol–water partition coefficient (Wildman–Crippen LogP) is 5.98. The van der Waals surface area contributed by atoms with Gasteiger partial charge in [0.15, 0.2) is 0 Å². The lowest BCUT2D eigenvalue weighted by Gasteiger charge is -2.39. The zero-order chi connectivity index (χ0) is 23.5. The first-order chi connectivity index (χ1) is 16.6. The summed E-state index contributed by atoms with van der Waals surface area (Å²) in [6, 6.07) is 20.9. The summed E-state index contributed by atoms with van der Waals surface area (Å²) in [5.74, 6) is 2.26. The van der Waals surface area contributed by atoms with E-state index in [-0.39, 0.29) is 29.4 Å². The second-order valence-electron chi connectivity index (χ2n) is 9.49. The molecule has 5 nitrogen and oxygen atoms in total. The van der Waals surface area contributed by atoms with E-state index in [1.165, 1.54) is 32.4 Å². The van der Waals surface area contributed by atoms with E-state index in [4.69, 9.17) is 9.47 Å². The molecule has 3 atom stereocenters. The summed E-state index contributed by atoms with van der Waals surface area (Å²) in [5.41, 5.74) is 3.24. The van der Waals surface area contributed by atoms with Crippen LogP contribution in [-0.2, 0) is 0 Å². The molecule has 0 aromatic heterocycles. The van der Waals surface area contributed by atoms with Crippen molar-refractivity contribution in [2.24, 2.45) is 0 Å². The van der Waals surface area contributed by atoms with Crippen molar-refractivity contribution in [2.75, 3.05) is 26.2 Å². The molecule has 0 aliphatic carbocycles. The maximum Gasteiger partial charge on any atom is 0.131 e. The second kappa shape index (κ2) is 9.98. The van der Waals surface area contributed by atoms with Crippen LogP contribution in [0.4, 0.5) is 0 Å². The zero-order valence-corrected chi connectivity index (χ0v) is 19.7. The lowest BCUT2D eigenvalue weighted by molar-refractivity contribution is 0.136. The fourth-order valence-electron chi connectivity index (χ4n) is 5.33. The number of hydrogen-bond acceptors (Lipinski definition) is 5. The third-order valence-corrected chi connectivity index (χ3v) is 7.22. The van der Waals surface area contributed by atoms with E-state index >= 15 is 0 Å². The molecule has 0 amide bonds. The van der Waals surface area contributed by atoms with Crippen molar-refractivity contribution in [3.05, 3.63) is 83.4 Å². The number of phenolic OH excluding ortho intramolecular Hbond substituents is 2. The van der Waals surface area contributed by atoms with E-state index in [2.05, 4.69) is 24.0 Å². The Morgan fingerprint density at radius 3 is 2.26 bits per heavy atom. The first kappa shape index (κ1) is 22.6. The van der Waals surface area contributed by atoms with E-state index in [1.54, 1.807) is 24.3 Å². The SMILES string of the molecule is C[C@@H]1c2ccc(O)cc2O[C@H](c2ccc(OCCN3CCCCC3)cc2)[C@@H]1c1ccc(O)cc1. The molecule has 34 heavy (non-hydrogen) atoms. The number of aromatic hydroxyl groups is 2. The van der Waals surface area contributed by atoms with Crippen LogP contribution >= 0.6 is 0 Å². The lowest BCUT2D eigenvalue weighted by atomic mass is 9.75. The Morgan fingerprint density at radius 1 is 0.853 bits per heavy atom. The highest BCUT2D eigenvalue weighted by Crippen LogP contribution is 2.51. The van der Waals surface area contributed by atoms with Crippen LogP contribution in [0, 0.1) is 0 Å². The molecule has 0 bridgehead atoms. The quantitative estimate of drug-likeness (QED) is 0.475. The summed E-state index contributed by atoms with van der Waals surface area (Å²) in [5, 5.41) is 19.8. The third-order valence-electron chi connectivity index (χ3n) is 7.22. The van der Waals surface area contributed by atoms with Gasteiger partial charge in [-0.05, 0) is 78.9 Å². The lowest BCUT2D eigenvalue weighted by Crippen LogP contribution is -2.33. The minimum atomic E-state index is -0.226. The van der Waals surface area contributed by atoms with Crippen LogP contribution in [0.1, 0.15) is 60.8 Å². The summed E-state index contributed by atoms with van der Waals surface area (Å²) in [6.07, 6.45) is 3.70. The number of benzene rings is 3. The number of piperidine rings is 1. The topological polar surface area (TPSA) is 62.2 Å². The fraction of sp³-hybridized carbons (Fsp3) is 0.379. The van der Waals surface area contributed by atoms with Gasteiger partial charge in [0.2, 0.25) is 0 Å². The number of hydrogen-bond donors (Lipinski definition) is 2. The van der Waals surface area contributed by atoms with Gasteiger partial charge in [-0.1, -0.05) is 43.7 Å². The Labute approximate surface area is 201 Å². The predicted molar refractivity (Wildman–Crippen MR) is 133 cm³/mol. The standard InChI is InChI=1S/C29H33NO4/c1-20-26-14-11-24(32)19-27(26)34-29(28(20)21-5-9-23(31)10-6-21)22-7-12-25(13-8-22)33-18-17-30-15-3-2-4-16-30/h5-14,19-20,28-29,31-32H,2-4,15-18H2,1H3/t20-,28+,29-/m1/s1. The van der Waals surface area contributed by atoms with Crippen LogP contribution in [0.3, 0.4) is 0 Å². The zero-order valence-electron chi connectivity index (χ0n) is 19.7. The second-order valence-corrected chi connectivity index (χ2v) is 9.49. The van der Waals surface area contributed by atoms with Crippen LogP contribution in [0.25, 0.3) is 0 Å². The maximum atomic E-state index is 10.0. The molecule has 0 saturated carbocycles. The molecular weight excluding hydrogens is 426 g/mol. The van der Waals surface area contributed by atoms with Crippen LogP contribution in [0.2, 0.25) is 0 Å². The van der Waals surface area contributed by atoms with Gasteiger partial charge in [0, 0.05) is 18.5 Å². The molecular formula is C29H33NO4. The van der Waals surface area contributed by atoms with Gasteiger partial charge in [-0.2, -0.15) is 0 Å². The highest BCUT2D eigenvalue weighted by molar-refractivity contribution is 5.48. The Kier molecular flexibility index (Phi) is 6.63. The van der Waals surface area contributed by atoms with Crippen molar-refractivity contribution in [3.63, 3.8) is 0 Å². The van der Waals surface area contributed by atoms with Crippen LogP contribution in [-0.4, -0.2) is 41.4 Å². The van der Waals surface area contributed by atoms with Crippen molar-refractivity contribution in [1.82, 2.24) is 4.90 Å². The van der Waals surface area contributed by atoms with Gasteiger partial charge in [-0.15, -0.1) is 0 Å². The minimum Gasteiger partial charge on any atom is -0.508 e. The summed E-state index contributed by atoms with van der Waals surface area (Å²) < 4.78 is 12.5. The monoisotopic (exact) mass is 459 g/mol. The summed E-state index contributed by atoms with van der Waals surface area (Å²) in [7, 11) is 0. The number of likely N-dealkylation sites (tertiary alicyclic amines) is 1. The summed E-state index contributed by atoms with van der Waals surface area (Å²) in [4.78, 5) is 2.48. The summed E-state index contributed by atoms with van der Waals surface area (Å²) >= 11 is 0. The molecule has 2 aliphatic rings. The largest absolute Gasteiger partial charge is 0.508 e. The van der Waals surface area contributed by atoms with Crippen molar-refractivity contribution >= 4 is 0 Å². The average molecular weight is 460 g/mol. The Hall–Kier alpha value is -3.18. The number of nitrogens with zero attached hydrogens (tertiary/aromatic N) is 1. The molecule has 5 rings (SSSR count). The number of ether oxygens (including phenoxy) is 2. The first-order valence-electron chi connectivity index (χ1n) is 12.3. The molecule has 3 aromatic rings. The normalized spacial score (nSPS) is 22.6. The van der Waals surface area contributed by atoms with Crippen molar-refractivity contribution < 1.29 is 19.7 Å². The van der Waals surface area contributed by atoms with Gasteiger partial charge in [-0.3, -0.25) is 4.90 Å². The van der Waals surface area contributed by atoms with Gasteiger partial charge >= 0.3 is 0 Å². The van der Waals surface area contributed by atoms with Crippen LogP contribution in [0.5, 0.6) is 23.0 Å². The first-order valence-corrected chi connectivity index (χ1v) is 12.3. The highest BCUT2D eigenvalue weighted by atomic mass is 16.5. The van der Waals surface area contributed by atoms with Gasteiger partial charge < -0.3 is 19.7 Å². The van der Waals surface area contributed by atoms with E-state index in [0.717, 1.165) is 34.7 Å². The molecule has 1 saturated heterocycles. The highest BCUT2D eigenvalue weighted by Gasteiger charge is 2.38. The van der Waals surface area contributed by atoms with E-state index in [0.29, 0.717) is 6.61 Å². The molecule has 5 heteroatoms. The minimum absolute atomic E-state index is 0.0588. The van der Waals surface area contributed by atoms with Crippen molar-refractivity contribution in [1.29, 1.82) is 0 Å². The molecule has 2 aliphatic heterocycles. The molecule has 0 unspecified atom stereocenters. The molecule has 0 radical (unpaired) electrons. The van der Waals surface area contributed by atoms with E-state index in [9.17, 15) is 10.2 Å². The molecule has 1 fully saturated rings. The molecule has 2 heterocycles. The number of phenols is 2. The maximum absolute atomic E-state index is 10.0. The molecule has 2 N–H and O–H groups in total. The van der Waals surface area contributed by atoms with Crippen LogP contribution < -0.4 is 9.47 Å². The summed E-state index contributed by atoms with van der Waals surface area (Å²) in [6.45, 7) is 6.21. The third kappa shape index (κ3) is 4.85. The average Bonchev–Trinajstić information content (AvgIpc) is 2.86. The fourth-order valence-corrected chi connectivity index (χ4v) is 5.33. The van der Waals surface area contributed by atoms with Gasteiger partial charge in [0.25, 0.3) is 0 Å². The molecule has 0 spiro atoms.